The highest BCUT2D eigenvalue weighted by Gasteiger charge is 2.35. The number of hydrogen-bond donors (Lipinski definition) is 0. The Labute approximate surface area is 392 Å². The molecule has 1 aliphatic carbocycles. The predicted octanol–water partition coefficient (Wildman–Crippen LogP) is 18.2. The minimum absolute atomic E-state index is 0.124. The average Bonchev–Trinajstić information content (AvgIpc) is 4.11. The molecule has 1 aliphatic rings. The van der Waals surface area contributed by atoms with Crippen molar-refractivity contribution in [2.45, 2.75) is 19.3 Å². The van der Waals surface area contributed by atoms with Crippen LogP contribution in [0.5, 0.6) is 0 Å². The lowest BCUT2D eigenvalue weighted by molar-refractivity contribution is 0.660. The maximum atomic E-state index is 6.86. The van der Waals surface area contributed by atoms with E-state index in [2.05, 4.69) is 242 Å². The Morgan fingerprint density at radius 3 is 1.84 bits per heavy atom. The van der Waals surface area contributed by atoms with Gasteiger partial charge in [0.15, 0.2) is 0 Å². The van der Waals surface area contributed by atoms with Crippen LogP contribution < -0.4 is 4.90 Å². The van der Waals surface area contributed by atoms with E-state index in [4.69, 9.17) is 4.42 Å². The fraction of sp³-hybridized carbons (Fsp3) is 0.0476. The van der Waals surface area contributed by atoms with E-state index in [0.29, 0.717) is 0 Å². The second-order valence-electron chi connectivity index (χ2n) is 18.4. The molecule has 0 radical (unpaired) electrons. The van der Waals surface area contributed by atoms with Crippen molar-refractivity contribution in [3.63, 3.8) is 0 Å². The number of para-hydroxylation sites is 4. The van der Waals surface area contributed by atoms with Gasteiger partial charge in [0, 0.05) is 75.3 Å². The third kappa shape index (κ3) is 5.70. The van der Waals surface area contributed by atoms with Crippen molar-refractivity contribution in [1.29, 1.82) is 0 Å². The molecule has 0 saturated heterocycles. The fourth-order valence-electron chi connectivity index (χ4n) is 11.2. The summed E-state index contributed by atoms with van der Waals surface area (Å²) in [5.74, 6) is 0. The van der Waals surface area contributed by atoms with Crippen molar-refractivity contribution in [2.75, 3.05) is 4.90 Å². The van der Waals surface area contributed by atoms with E-state index in [1.54, 1.807) is 0 Å². The van der Waals surface area contributed by atoms with E-state index < -0.39 is 0 Å². The first-order chi connectivity index (χ1) is 33.0. The molecule has 0 fully saturated rings. The molecule has 0 spiro atoms. The van der Waals surface area contributed by atoms with Crippen LogP contribution in [0.4, 0.5) is 17.1 Å². The van der Waals surface area contributed by atoms with Gasteiger partial charge in [-0.15, -0.1) is 11.3 Å². The van der Waals surface area contributed by atoms with Crippen molar-refractivity contribution in [3.8, 4) is 39.1 Å². The molecule has 3 aromatic heterocycles. The molecule has 67 heavy (non-hydrogen) atoms. The number of furan rings is 1. The molecule has 0 unspecified atom stereocenters. The van der Waals surface area contributed by atoms with Crippen LogP contribution in [0.3, 0.4) is 0 Å². The lowest BCUT2D eigenvalue weighted by atomic mass is 9.81. The first-order valence-electron chi connectivity index (χ1n) is 23.1. The number of anilines is 3. The maximum absolute atomic E-state index is 6.86. The number of rotatable bonds is 6. The van der Waals surface area contributed by atoms with Crippen molar-refractivity contribution in [3.05, 3.63) is 230 Å². The van der Waals surface area contributed by atoms with Gasteiger partial charge in [-0.25, -0.2) is 0 Å². The van der Waals surface area contributed by atoms with E-state index in [-0.39, 0.29) is 5.41 Å². The summed E-state index contributed by atoms with van der Waals surface area (Å²) in [7, 11) is 0. The third-order valence-electron chi connectivity index (χ3n) is 14.4. The summed E-state index contributed by atoms with van der Waals surface area (Å²) in [4.78, 5) is 2.48. The monoisotopic (exact) mass is 874 g/mol. The SMILES string of the molecule is CC1(C)c2ccccc2-c2ccc(-c3ccccc3N(c3ccc4sc5ccccc5c4c3)c3cc(-c4ccc(-n5c6ccccc6c6ccccc65)cc4)c4oc5ccccc5c4c3)cc21. The van der Waals surface area contributed by atoms with Gasteiger partial charge in [0.05, 0.1) is 16.7 Å². The molecule has 0 bridgehead atoms. The lowest BCUT2D eigenvalue weighted by Crippen LogP contribution is -2.15. The van der Waals surface area contributed by atoms with Gasteiger partial charge in [-0.05, 0) is 112 Å². The Balaban J connectivity index is 0.999. The molecule has 4 heteroatoms. The van der Waals surface area contributed by atoms with Gasteiger partial charge in [-0.2, -0.15) is 0 Å². The number of fused-ring (bicyclic) bond motifs is 12. The molecule has 14 rings (SSSR count). The van der Waals surface area contributed by atoms with Crippen molar-refractivity contribution < 1.29 is 4.42 Å². The summed E-state index contributed by atoms with van der Waals surface area (Å²) in [5.41, 5.74) is 18.3. The van der Waals surface area contributed by atoms with Crippen LogP contribution in [0, 0.1) is 0 Å². The number of thiophene rings is 1. The minimum Gasteiger partial charge on any atom is -0.455 e. The van der Waals surface area contributed by atoms with Crippen LogP contribution in [0.2, 0.25) is 0 Å². The highest BCUT2D eigenvalue weighted by molar-refractivity contribution is 7.25. The Morgan fingerprint density at radius 1 is 0.418 bits per heavy atom. The Bertz CT molecular complexity index is 4090. The molecule has 0 atom stereocenters. The molecule has 10 aromatic carbocycles. The van der Waals surface area contributed by atoms with Crippen molar-refractivity contribution in [1.82, 2.24) is 4.57 Å². The largest absolute Gasteiger partial charge is 0.455 e. The second-order valence-corrected chi connectivity index (χ2v) is 19.5. The summed E-state index contributed by atoms with van der Waals surface area (Å²) in [5, 5.41) is 7.21. The first-order valence-corrected chi connectivity index (χ1v) is 23.9. The van der Waals surface area contributed by atoms with Gasteiger partial charge in [-0.3, -0.25) is 0 Å². The topological polar surface area (TPSA) is 21.3 Å². The zero-order valence-electron chi connectivity index (χ0n) is 37.0. The van der Waals surface area contributed by atoms with Gasteiger partial charge in [0.25, 0.3) is 0 Å². The van der Waals surface area contributed by atoms with Crippen LogP contribution >= 0.6 is 11.3 Å². The quantitative estimate of drug-likeness (QED) is 0.166. The van der Waals surface area contributed by atoms with Crippen molar-refractivity contribution in [2.24, 2.45) is 0 Å². The number of nitrogens with zero attached hydrogens (tertiary/aromatic N) is 2. The highest BCUT2D eigenvalue weighted by Crippen LogP contribution is 2.52. The fourth-order valence-corrected chi connectivity index (χ4v) is 12.3. The third-order valence-corrected chi connectivity index (χ3v) is 15.5. The molecule has 13 aromatic rings. The lowest BCUT2D eigenvalue weighted by Gasteiger charge is -2.29. The molecule has 3 nitrogen and oxygen atoms in total. The van der Waals surface area contributed by atoms with Crippen LogP contribution in [-0.4, -0.2) is 4.57 Å². The zero-order chi connectivity index (χ0) is 44.4. The first kappa shape index (κ1) is 38.1. The average molecular weight is 875 g/mol. The number of benzene rings is 10. The Hall–Kier alpha value is -8.18. The number of aromatic nitrogens is 1. The van der Waals surface area contributed by atoms with E-state index in [9.17, 15) is 0 Å². The minimum atomic E-state index is -0.124. The standard InChI is InChI=1S/C63H42N2OS/c1-63(2)54-21-9-3-16-45(54)46-33-29-40(35-55(46)63)44-15-4-10-22-56(44)64(42-32-34-61-52(36-42)50-20-8-14-26-60(50)67-61)43-37-51(62-53(38-43)49-19-7-13-25-59(49)66-62)39-27-30-41(31-28-39)65-57-23-11-5-17-47(57)48-18-6-12-24-58(48)65/h3-38H,1-2H3. The highest BCUT2D eigenvalue weighted by atomic mass is 32.1. The van der Waals surface area contributed by atoms with Crippen molar-refractivity contribution >= 4 is 92.3 Å². The maximum Gasteiger partial charge on any atom is 0.143 e. The molecule has 0 amide bonds. The van der Waals surface area contributed by atoms with Gasteiger partial charge >= 0.3 is 0 Å². The Morgan fingerprint density at radius 2 is 1.03 bits per heavy atom. The van der Waals surface area contributed by atoms with Gasteiger partial charge in [0.2, 0.25) is 0 Å². The van der Waals surface area contributed by atoms with Crippen LogP contribution in [0.1, 0.15) is 25.0 Å². The predicted molar refractivity (Wildman–Crippen MR) is 284 cm³/mol. The number of hydrogen-bond acceptors (Lipinski definition) is 3. The second kappa shape index (κ2) is 14.4. The summed E-state index contributed by atoms with van der Waals surface area (Å²) in [6.45, 7) is 4.73. The normalized spacial score (nSPS) is 13.0. The van der Waals surface area contributed by atoms with E-state index in [0.717, 1.165) is 55.8 Å². The van der Waals surface area contributed by atoms with Gasteiger partial charge < -0.3 is 13.9 Å². The van der Waals surface area contributed by atoms with Gasteiger partial charge in [0.1, 0.15) is 11.2 Å². The smallest absolute Gasteiger partial charge is 0.143 e. The molecular formula is C63H42N2OS. The van der Waals surface area contributed by atoms with Crippen LogP contribution in [0.15, 0.2) is 223 Å². The summed E-state index contributed by atoms with van der Waals surface area (Å²) < 4.78 is 11.8. The van der Waals surface area contributed by atoms with Gasteiger partial charge in [-0.1, -0.05) is 153 Å². The summed E-state index contributed by atoms with van der Waals surface area (Å²) >= 11 is 1.85. The van der Waals surface area contributed by atoms with E-state index >= 15 is 0 Å². The molecule has 0 N–H and O–H groups in total. The molecule has 0 saturated carbocycles. The van der Waals surface area contributed by atoms with E-state index in [1.165, 1.54) is 75.4 Å². The zero-order valence-corrected chi connectivity index (χ0v) is 37.8. The Kier molecular flexibility index (Phi) is 8.20. The van der Waals surface area contributed by atoms with E-state index in [1.807, 2.05) is 11.3 Å². The van der Waals surface area contributed by atoms with Crippen LogP contribution in [-0.2, 0) is 5.41 Å². The molecular weight excluding hydrogens is 833 g/mol. The molecule has 316 valence electrons. The summed E-state index contributed by atoms with van der Waals surface area (Å²) in [6, 6.07) is 80.3. The molecule has 3 heterocycles. The molecule has 0 aliphatic heterocycles. The summed E-state index contributed by atoms with van der Waals surface area (Å²) in [6.07, 6.45) is 0. The van der Waals surface area contributed by atoms with Crippen LogP contribution in [0.25, 0.3) is 103 Å².